The number of rotatable bonds is 2. The lowest BCUT2D eigenvalue weighted by atomic mass is 10.1. The summed E-state index contributed by atoms with van der Waals surface area (Å²) in [6.07, 6.45) is 0. The summed E-state index contributed by atoms with van der Waals surface area (Å²) >= 11 is 3.42. The fourth-order valence-corrected chi connectivity index (χ4v) is 2.45. The zero-order chi connectivity index (χ0) is 13.3. The Kier molecular flexibility index (Phi) is 3.52. The van der Waals surface area contributed by atoms with Crippen LogP contribution < -0.4 is 5.32 Å². The summed E-state index contributed by atoms with van der Waals surface area (Å²) in [4.78, 5) is 12.0. The van der Waals surface area contributed by atoms with E-state index in [2.05, 4.69) is 26.4 Å². The van der Waals surface area contributed by atoms with Crippen LogP contribution in [-0.4, -0.2) is 11.1 Å². The standard InChI is InChI=1S/C13H13BrN2O2/c1-7-4-10(14)5-8(2)12(7)15-13(17)11-6-9(3)18-16-11/h4-6H,1-3H3,(H,15,17). The number of benzene rings is 1. The second-order valence-corrected chi connectivity index (χ2v) is 5.11. The van der Waals surface area contributed by atoms with Crippen molar-refractivity contribution in [1.29, 1.82) is 0 Å². The van der Waals surface area contributed by atoms with Crippen LogP contribution in [0.1, 0.15) is 27.4 Å². The van der Waals surface area contributed by atoms with Gasteiger partial charge in [0, 0.05) is 16.2 Å². The first kappa shape index (κ1) is 12.8. The number of nitrogens with one attached hydrogen (secondary N) is 1. The van der Waals surface area contributed by atoms with Crippen LogP contribution in [0.2, 0.25) is 0 Å². The minimum Gasteiger partial charge on any atom is -0.361 e. The van der Waals surface area contributed by atoms with E-state index in [9.17, 15) is 4.79 Å². The van der Waals surface area contributed by atoms with Gasteiger partial charge in [0.05, 0.1) is 0 Å². The number of amides is 1. The number of nitrogens with zero attached hydrogens (tertiary/aromatic N) is 1. The van der Waals surface area contributed by atoms with Gasteiger partial charge >= 0.3 is 0 Å². The van der Waals surface area contributed by atoms with Crippen molar-refractivity contribution in [2.45, 2.75) is 20.8 Å². The van der Waals surface area contributed by atoms with E-state index >= 15 is 0 Å². The molecule has 1 aromatic carbocycles. The number of halogens is 1. The summed E-state index contributed by atoms with van der Waals surface area (Å²) < 4.78 is 5.88. The van der Waals surface area contributed by atoms with Crippen molar-refractivity contribution >= 4 is 27.5 Å². The van der Waals surface area contributed by atoms with Crippen molar-refractivity contribution in [3.63, 3.8) is 0 Å². The van der Waals surface area contributed by atoms with E-state index in [1.807, 2.05) is 26.0 Å². The molecule has 0 aliphatic carbocycles. The Morgan fingerprint density at radius 1 is 1.22 bits per heavy atom. The molecule has 2 aromatic rings. The molecule has 0 bridgehead atoms. The van der Waals surface area contributed by atoms with Gasteiger partial charge in [0.25, 0.3) is 5.91 Å². The molecule has 1 heterocycles. The highest BCUT2D eigenvalue weighted by atomic mass is 79.9. The minimum atomic E-state index is -0.264. The summed E-state index contributed by atoms with van der Waals surface area (Å²) in [6, 6.07) is 5.52. The number of carbonyl (C=O) groups is 1. The maximum Gasteiger partial charge on any atom is 0.277 e. The third-order valence-electron chi connectivity index (χ3n) is 2.60. The van der Waals surface area contributed by atoms with E-state index in [4.69, 9.17) is 4.52 Å². The lowest BCUT2D eigenvalue weighted by Gasteiger charge is -2.11. The van der Waals surface area contributed by atoms with Gasteiger partial charge in [-0.2, -0.15) is 0 Å². The Morgan fingerprint density at radius 3 is 2.33 bits per heavy atom. The number of aryl methyl sites for hydroxylation is 3. The molecule has 0 aliphatic heterocycles. The summed E-state index contributed by atoms with van der Waals surface area (Å²) in [5, 5.41) is 6.55. The van der Waals surface area contributed by atoms with Gasteiger partial charge in [0.15, 0.2) is 5.69 Å². The average molecular weight is 309 g/mol. The lowest BCUT2D eigenvalue weighted by molar-refractivity contribution is 0.101. The first-order chi connectivity index (χ1) is 8.47. The van der Waals surface area contributed by atoms with E-state index in [1.165, 1.54) is 0 Å². The first-order valence-corrected chi connectivity index (χ1v) is 6.28. The third-order valence-corrected chi connectivity index (χ3v) is 3.05. The van der Waals surface area contributed by atoms with Crippen molar-refractivity contribution in [1.82, 2.24) is 5.16 Å². The van der Waals surface area contributed by atoms with Crippen molar-refractivity contribution < 1.29 is 9.32 Å². The average Bonchev–Trinajstić information content (AvgIpc) is 2.70. The van der Waals surface area contributed by atoms with E-state index < -0.39 is 0 Å². The summed E-state index contributed by atoms with van der Waals surface area (Å²) in [5.41, 5.74) is 3.09. The third kappa shape index (κ3) is 2.61. The molecule has 5 heteroatoms. The predicted molar refractivity (Wildman–Crippen MR) is 72.8 cm³/mol. The Morgan fingerprint density at radius 2 is 1.83 bits per heavy atom. The van der Waals surface area contributed by atoms with Crippen LogP contribution in [0, 0.1) is 20.8 Å². The maximum atomic E-state index is 12.0. The number of aromatic nitrogens is 1. The van der Waals surface area contributed by atoms with Gasteiger partial charge < -0.3 is 9.84 Å². The zero-order valence-corrected chi connectivity index (χ0v) is 12.0. The maximum absolute atomic E-state index is 12.0. The first-order valence-electron chi connectivity index (χ1n) is 5.49. The zero-order valence-electron chi connectivity index (χ0n) is 10.4. The van der Waals surface area contributed by atoms with Crippen molar-refractivity contribution in [2.24, 2.45) is 0 Å². The molecule has 0 fully saturated rings. The van der Waals surface area contributed by atoms with Crippen molar-refractivity contribution in [3.05, 3.63) is 45.3 Å². The van der Waals surface area contributed by atoms with Crippen LogP contribution in [-0.2, 0) is 0 Å². The van der Waals surface area contributed by atoms with Gasteiger partial charge in [0.2, 0.25) is 0 Å². The van der Waals surface area contributed by atoms with Gasteiger partial charge in [-0.3, -0.25) is 4.79 Å². The molecule has 1 N–H and O–H groups in total. The molecular formula is C13H13BrN2O2. The van der Waals surface area contributed by atoms with Crippen LogP contribution >= 0.6 is 15.9 Å². The largest absolute Gasteiger partial charge is 0.361 e. The molecule has 1 amide bonds. The Balaban J connectivity index is 2.27. The molecule has 0 radical (unpaired) electrons. The van der Waals surface area contributed by atoms with E-state index in [0.29, 0.717) is 5.76 Å². The molecular weight excluding hydrogens is 296 g/mol. The summed E-state index contributed by atoms with van der Waals surface area (Å²) in [5.74, 6) is 0.352. The Hall–Kier alpha value is -1.62. The fourth-order valence-electron chi connectivity index (χ4n) is 1.76. The summed E-state index contributed by atoms with van der Waals surface area (Å²) in [7, 11) is 0. The molecule has 2 rings (SSSR count). The Labute approximate surface area is 113 Å². The fraction of sp³-hybridized carbons (Fsp3) is 0.231. The van der Waals surface area contributed by atoms with E-state index in [1.54, 1.807) is 13.0 Å². The molecule has 0 saturated heterocycles. The van der Waals surface area contributed by atoms with E-state index in [-0.39, 0.29) is 11.6 Å². The predicted octanol–water partition coefficient (Wildman–Crippen LogP) is 3.61. The highest BCUT2D eigenvalue weighted by Crippen LogP contribution is 2.25. The second-order valence-electron chi connectivity index (χ2n) is 4.19. The van der Waals surface area contributed by atoms with Gasteiger partial charge in [-0.1, -0.05) is 21.1 Å². The number of anilines is 1. The molecule has 18 heavy (non-hydrogen) atoms. The van der Waals surface area contributed by atoms with Gasteiger partial charge in [-0.15, -0.1) is 0 Å². The number of hydrogen-bond acceptors (Lipinski definition) is 3. The molecule has 0 unspecified atom stereocenters. The quantitative estimate of drug-likeness (QED) is 0.922. The molecule has 0 atom stereocenters. The van der Waals surface area contributed by atoms with Crippen LogP contribution in [0.4, 0.5) is 5.69 Å². The summed E-state index contributed by atoms with van der Waals surface area (Å²) in [6.45, 7) is 5.64. The smallest absolute Gasteiger partial charge is 0.277 e. The van der Waals surface area contributed by atoms with Gasteiger partial charge in [-0.05, 0) is 44.0 Å². The molecule has 0 spiro atoms. The van der Waals surface area contributed by atoms with Crippen molar-refractivity contribution in [2.75, 3.05) is 5.32 Å². The van der Waals surface area contributed by atoms with Crippen molar-refractivity contribution in [3.8, 4) is 0 Å². The lowest BCUT2D eigenvalue weighted by Crippen LogP contribution is -2.14. The minimum absolute atomic E-state index is 0.264. The van der Waals surface area contributed by atoms with Gasteiger partial charge in [-0.25, -0.2) is 0 Å². The van der Waals surface area contributed by atoms with E-state index in [0.717, 1.165) is 21.3 Å². The van der Waals surface area contributed by atoms with Crippen LogP contribution in [0.15, 0.2) is 27.2 Å². The number of hydrogen-bond donors (Lipinski definition) is 1. The molecule has 1 aromatic heterocycles. The topological polar surface area (TPSA) is 55.1 Å². The highest BCUT2D eigenvalue weighted by molar-refractivity contribution is 9.10. The monoisotopic (exact) mass is 308 g/mol. The number of carbonyl (C=O) groups excluding carboxylic acids is 1. The second kappa shape index (κ2) is 4.94. The SMILES string of the molecule is Cc1cc(C(=O)Nc2c(C)cc(Br)cc2C)no1. The molecule has 4 nitrogen and oxygen atoms in total. The highest BCUT2D eigenvalue weighted by Gasteiger charge is 2.13. The van der Waals surface area contributed by atoms with Gasteiger partial charge in [0.1, 0.15) is 5.76 Å². The van der Waals surface area contributed by atoms with Crippen LogP contribution in [0.25, 0.3) is 0 Å². The molecule has 94 valence electrons. The molecule has 0 saturated carbocycles. The van der Waals surface area contributed by atoms with Crippen LogP contribution in [0.3, 0.4) is 0 Å². The van der Waals surface area contributed by atoms with Crippen LogP contribution in [0.5, 0.6) is 0 Å². The molecule has 0 aliphatic rings. The Bertz CT molecular complexity index is 582. The normalized spacial score (nSPS) is 10.4.